The number of anilines is 1. The van der Waals surface area contributed by atoms with Crippen LogP contribution in [0.1, 0.15) is 21.5 Å². The minimum absolute atomic E-state index is 0.0949. The van der Waals surface area contributed by atoms with Crippen LogP contribution in [-0.4, -0.2) is 35.2 Å². The van der Waals surface area contributed by atoms with Crippen molar-refractivity contribution in [3.8, 4) is 0 Å². The molecular formula is C22H16F2N4O4S. The summed E-state index contributed by atoms with van der Waals surface area (Å²) in [4.78, 5) is 51.0. The highest BCUT2D eigenvalue weighted by atomic mass is 32.1. The molecule has 1 saturated heterocycles. The van der Waals surface area contributed by atoms with Gasteiger partial charge >= 0.3 is 6.03 Å². The maximum Gasteiger partial charge on any atom is 0.326 e. The molecule has 5 amide bonds. The van der Waals surface area contributed by atoms with Gasteiger partial charge in [0.15, 0.2) is 5.54 Å². The predicted octanol–water partition coefficient (Wildman–Crippen LogP) is 2.56. The minimum Gasteiger partial charge on any atom is -0.366 e. The first-order valence-electron chi connectivity index (χ1n) is 9.55. The normalized spacial score (nSPS) is 14.8. The highest BCUT2D eigenvalue weighted by Crippen LogP contribution is 2.36. The molecule has 2 heterocycles. The van der Waals surface area contributed by atoms with Crippen molar-refractivity contribution in [1.29, 1.82) is 0 Å². The SMILES string of the molecule is NC(=O)c1ccsc1NC(=O)CN1C(=O)NC(c2ccc(F)cc2)(c2ccc(F)cc2)C1=O. The van der Waals surface area contributed by atoms with Crippen molar-refractivity contribution in [2.75, 3.05) is 11.9 Å². The second-order valence-corrected chi connectivity index (χ2v) is 8.08. The van der Waals surface area contributed by atoms with Crippen molar-refractivity contribution in [2.45, 2.75) is 5.54 Å². The Kier molecular flexibility index (Phi) is 5.64. The number of rotatable bonds is 6. The van der Waals surface area contributed by atoms with E-state index in [2.05, 4.69) is 10.6 Å². The Bertz CT molecular complexity index is 1210. The first-order valence-corrected chi connectivity index (χ1v) is 10.4. The van der Waals surface area contributed by atoms with Crippen LogP contribution in [0.4, 0.5) is 18.6 Å². The lowest BCUT2D eigenvalue weighted by Crippen LogP contribution is -2.45. The van der Waals surface area contributed by atoms with E-state index in [-0.39, 0.29) is 21.7 Å². The quantitative estimate of drug-likeness (QED) is 0.480. The summed E-state index contributed by atoms with van der Waals surface area (Å²) in [5.41, 5.74) is 4.02. The van der Waals surface area contributed by atoms with E-state index in [1.54, 1.807) is 5.38 Å². The topological polar surface area (TPSA) is 122 Å². The summed E-state index contributed by atoms with van der Waals surface area (Å²) in [7, 11) is 0. The van der Waals surface area contributed by atoms with Crippen molar-refractivity contribution in [1.82, 2.24) is 10.2 Å². The molecule has 4 rings (SSSR count). The first-order chi connectivity index (χ1) is 15.7. The molecule has 0 unspecified atom stereocenters. The van der Waals surface area contributed by atoms with E-state index in [1.807, 2.05) is 0 Å². The number of nitrogens with zero attached hydrogens (tertiary/aromatic N) is 1. The summed E-state index contributed by atoms with van der Waals surface area (Å²) in [5.74, 6) is -3.39. The van der Waals surface area contributed by atoms with E-state index in [0.29, 0.717) is 4.90 Å². The second-order valence-electron chi connectivity index (χ2n) is 7.16. The van der Waals surface area contributed by atoms with Gasteiger partial charge in [-0.1, -0.05) is 24.3 Å². The predicted molar refractivity (Wildman–Crippen MR) is 115 cm³/mol. The van der Waals surface area contributed by atoms with E-state index in [4.69, 9.17) is 5.73 Å². The van der Waals surface area contributed by atoms with E-state index < -0.39 is 47.5 Å². The van der Waals surface area contributed by atoms with Crippen molar-refractivity contribution < 1.29 is 28.0 Å². The molecule has 168 valence electrons. The minimum atomic E-state index is -1.79. The van der Waals surface area contributed by atoms with Crippen LogP contribution >= 0.6 is 11.3 Å². The third-order valence-corrected chi connectivity index (χ3v) is 5.98. The van der Waals surface area contributed by atoms with Crippen LogP contribution in [0.5, 0.6) is 0 Å². The van der Waals surface area contributed by atoms with Gasteiger partial charge in [0.05, 0.1) is 5.56 Å². The molecular weight excluding hydrogens is 454 g/mol. The largest absolute Gasteiger partial charge is 0.366 e. The highest BCUT2D eigenvalue weighted by molar-refractivity contribution is 7.14. The number of hydrogen-bond acceptors (Lipinski definition) is 5. The van der Waals surface area contributed by atoms with E-state index in [9.17, 15) is 28.0 Å². The standard InChI is InChI=1S/C22H16F2N4O4S/c23-14-5-1-12(2-6-14)22(13-3-7-15(24)8-4-13)20(31)28(21(32)27-22)11-17(29)26-19-16(18(25)30)9-10-33-19/h1-10H,11H2,(H2,25,30)(H,26,29)(H,27,32). The zero-order valence-corrected chi connectivity index (χ0v) is 17.6. The van der Waals surface area contributed by atoms with Crippen LogP contribution in [0.25, 0.3) is 0 Å². The van der Waals surface area contributed by atoms with Crippen LogP contribution < -0.4 is 16.4 Å². The molecule has 1 aliphatic rings. The van der Waals surface area contributed by atoms with Crippen LogP contribution in [-0.2, 0) is 15.1 Å². The van der Waals surface area contributed by atoms with Gasteiger partial charge in [-0.05, 0) is 46.8 Å². The van der Waals surface area contributed by atoms with Gasteiger partial charge in [-0.3, -0.25) is 19.3 Å². The molecule has 2 aromatic carbocycles. The number of nitrogens with one attached hydrogen (secondary N) is 2. The van der Waals surface area contributed by atoms with Crippen molar-refractivity contribution >= 4 is 40.1 Å². The number of primary amides is 1. The van der Waals surface area contributed by atoms with Crippen LogP contribution in [0.3, 0.4) is 0 Å². The van der Waals surface area contributed by atoms with Crippen molar-refractivity contribution in [3.63, 3.8) is 0 Å². The fourth-order valence-electron chi connectivity index (χ4n) is 3.59. The number of carbonyl (C=O) groups is 4. The number of benzene rings is 2. The summed E-state index contributed by atoms with van der Waals surface area (Å²) in [6.45, 7) is -0.662. The molecule has 0 spiro atoms. The van der Waals surface area contributed by atoms with Crippen LogP contribution in [0.15, 0.2) is 60.0 Å². The number of urea groups is 1. The van der Waals surface area contributed by atoms with Crippen LogP contribution in [0.2, 0.25) is 0 Å². The van der Waals surface area contributed by atoms with Crippen molar-refractivity contribution in [3.05, 3.63) is 88.3 Å². The molecule has 33 heavy (non-hydrogen) atoms. The van der Waals surface area contributed by atoms with E-state index in [0.717, 1.165) is 35.6 Å². The van der Waals surface area contributed by atoms with E-state index >= 15 is 0 Å². The second kappa shape index (κ2) is 8.43. The number of nitrogens with two attached hydrogens (primary N) is 1. The number of imide groups is 1. The van der Waals surface area contributed by atoms with Gasteiger partial charge in [-0.25, -0.2) is 13.6 Å². The molecule has 0 atom stereocenters. The van der Waals surface area contributed by atoms with Crippen molar-refractivity contribution in [2.24, 2.45) is 5.73 Å². The molecule has 3 aromatic rings. The molecule has 0 aliphatic carbocycles. The number of carbonyl (C=O) groups excluding carboxylic acids is 4. The zero-order chi connectivity index (χ0) is 23.8. The molecule has 8 nitrogen and oxygen atoms in total. The first kappa shape index (κ1) is 22.1. The number of hydrogen-bond donors (Lipinski definition) is 3. The smallest absolute Gasteiger partial charge is 0.326 e. The summed E-state index contributed by atoms with van der Waals surface area (Å²) >= 11 is 1.05. The summed E-state index contributed by atoms with van der Waals surface area (Å²) in [6.07, 6.45) is 0. The summed E-state index contributed by atoms with van der Waals surface area (Å²) < 4.78 is 27.1. The van der Waals surface area contributed by atoms with Gasteiger partial charge in [0, 0.05) is 0 Å². The third kappa shape index (κ3) is 3.94. The fraction of sp³-hybridized carbons (Fsp3) is 0.0909. The number of halogens is 2. The Labute approximate surface area is 190 Å². The lowest BCUT2D eigenvalue weighted by Gasteiger charge is -2.28. The lowest BCUT2D eigenvalue weighted by molar-refractivity contribution is -0.133. The molecule has 0 bridgehead atoms. The maximum atomic E-state index is 13.5. The van der Waals surface area contributed by atoms with Gasteiger partial charge < -0.3 is 16.4 Å². The Morgan fingerprint density at radius 1 is 0.970 bits per heavy atom. The molecule has 11 heteroatoms. The maximum absolute atomic E-state index is 13.5. The van der Waals surface area contributed by atoms with Gasteiger partial charge in [0.1, 0.15) is 23.2 Å². The third-order valence-electron chi connectivity index (χ3n) is 5.15. The molecule has 1 fully saturated rings. The zero-order valence-electron chi connectivity index (χ0n) is 16.8. The summed E-state index contributed by atoms with van der Waals surface area (Å²) in [5, 5.41) is 6.78. The Hall–Kier alpha value is -4.12. The van der Waals surface area contributed by atoms with E-state index in [1.165, 1.54) is 30.3 Å². The average molecular weight is 470 g/mol. The average Bonchev–Trinajstić information content (AvgIpc) is 3.33. The Morgan fingerprint density at radius 2 is 1.52 bits per heavy atom. The Balaban J connectivity index is 1.67. The van der Waals surface area contributed by atoms with Gasteiger partial charge in [-0.15, -0.1) is 11.3 Å². The number of amides is 5. The molecule has 0 radical (unpaired) electrons. The van der Waals surface area contributed by atoms with Gasteiger partial charge in [0.25, 0.3) is 11.8 Å². The molecule has 1 aromatic heterocycles. The molecule has 0 saturated carbocycles. The highest BCUT2D eigenvalue weighted by Gasteiger charge is 2.54. The van der Waals surface area contributed by atoms with Gasteiger partial charge in [-0.2, -0.15) is 0 Å². The fourth-order valence-corrected chi connectivity index (χ4v) is 4.40. The molecule has 1 aliphatic heterocycles. The van der Waals surface area contributed by atoms with Gasteiger partial charge in [0.2, 0.25) is 5.91 Å². The summed E-state index contributed by atoms with van der Waals surface area (Å²) in [6, 6.07) is 10.4. The lowest BCUT2D eigenvalue weighted by atomic mass is 9.82. The Morgan fingerprint density at radius 3 is 2.03 bits per heavy atom. The van der Waals surface area contributed by atoms with Crippen LogP contribution in [0, 0.1) is 11.6 Å². The monoisotopic (exact) mass is 470 g/mol. The number of thiophene rings is 1. The molecule has 4 N–H and O–H groups in total.